The number of pyridine rings is 2. The van der Waals surface area contributed by atoms with Gasteiger partial charge in [-0.25, -0.2) is 23.0 Å². The number of nitrogens with one attached hydrogen (secondary N) is 2. The third-order valence-electron chi connectivity index (χ3n) is 5.30. The van der Waals surface area contributed by atoms with Gasteiger partial charge < -0.3 is 15.5 Å². The number of amides is 1. The Kier molecular flexibility index (Phi) is 12.1. The summed E-state index contributed by atoms with van der Waals surface area (Å²) < 4.78 is 132. The highest BCUT2D eigenvalue weighted by molar-refractivity contribution is 7.92. The van der Waals surface area contributed by atoms with Crippen molar-refractivity contribution < 1.29 is 72.5 Å². The van der Waals surface area contributed by atoms with Gasteiger partial charge in [-0.15, -0.1) is 0 Å². The second kappa shape index (κ2) is 15.0. The molecule has 0 radical (unpaired) electrons. The first-order chi connectivity index (χ1) is 21.9. The number of aromatic nitrogens is 3. The van der Waals surface area contributed by atoms with E-state index in [4.69, 9.17) is 19.8 Å². The van der Waals surface area contributed by atoms with Gasteiger partial charge in [0.25, 0.3) is 5.91 Å². The fourth-order valence-corrected chi connectivity index (χ4v) is 4.01. The van der Waals surface area contributed by atoms with Crippen molar-refractivity contribution in [3.63, 3.8) is 0 Å². The van der Waals surface area contributed by atoms with Crippen molar-refractivity contribution in [1.29, 1.82) is 0 Å². The van der Waals surface area contributed by atoms with Gasteiger partial charge >= 0.3 is 30.5 Å². The number of carboxylic acid groups (broad SMARTS) is 2. The second-order valence-corrected chi connectivity index (χ2v) is 10.7. The summed E-state index contributed by atoms with van der Waals surface area (Å²) in [6.45, 7) is 0. The third kappa shape index (κ3) is 11.1. The largest absolute Gasteiger partial charge is 0.490 e. The number of nitrogens with zero attached hydrogens (tertiary/aromatic N) is 3. The molecular weight excluding hydrogens is 697 g/mol. The van der Waals surface area contributed by atoms with Crippen LogP contribution in [0, 0.1) is 0 Å². The number of hydrogen-bond donors (Lipinski definition) is 4. The van der Waals surface area contributed by atoms with E-state index in [1.54, 1.807) is 36.5 Å². The van der Waals surface area contributed by atoms with Crippen molar-refractivity contribution >= 4 is 39.1 Å². The molecule has 0 aliphatic rings. The molecule has 3 heterocycles. The van der Waals surface area contributed by atoms with E-state index in [9.17, 15) is 52.7 Å². The molecule has 22 heteroatoms. The molecule has 0 aliphatic heterocycles. The number of hydrogen-bond acceptors (Lipinski definition) is 7. The van der Waals surface area contributed by atoms with Gasteiger partial charge in [0.05, 0.1) is 23.2 Å². The summed E-state index contributed by atoms with van der Waals surface area (Å²) in [5.74, 6) is -6.40. The number of alkyl halides is 9. The molecule has 3 aromatic heterocycles. The van der Waals surface area contributed by atoms with Crippen LogP contribution < -0.4 is 10.0 Å². The smallest absolute Gasteiger partial charge is 0.475 e. The molecule has 12 nitrogen and oxygen atoms in total. The van der Waals surface area contributed by atoms with Gasteiger partial charge in [0, 0.05) is 18.0 Å². The minimum absolute atomic E-state index is 0.175. The Labute approximate surface area is 262 Å². The summed E-state index contributed by atoms with van der Waals surface area (Å²) in [5, 5.41) is 16.2. The molecule has 0 saturated heterocycles. The highest BCUT2D eigenvalue weighted by atomic mass is 32.2. The van der Waals surface area contributed by atoms with Crippen LogP contribution in [0.1, 0.15) is 22.2 Å². The van der Waals surface area contributed by atoms with E-state index in [0.717, 1.165) is 6.26 Å². The molecule has 4 rings (SSSR count). The minimum atomic E-state index is -5.08. The molecule has 0 bridgehead atoms. The number of halogens is 9. The minimum Gasteiger partial charge on any atom is -0.475 e. The molecule has 4 N–H and O–H groups in total. The Balaban J connectivity index is 0.000000479. The predicted octanol–water partition coefficient (Wildman–Crippen LogP) is 5.07. The number of anilines is 1. The number of benzene rings is 1. The van der Waals surface area contributed by atoms with E-state index in [1.807, 2.05) is 5.32 Å². The molecule has 1 unspecified atom stereocenters. The number of fused-ring (bicyclic) bond motifs is 1. The normalized spacial score (nSPS) is 12.5. The van der Waals surface area contributed by atoms with Crippen LogP contribution in [0.25, 0.3) is 16.9 Å². The number of rotatable bonds is 6. The van der Waals surface area contributed by atoms with Crippen LogP contribution >= 0.6 is 0 Å². The van der Waals surface area contributed by atoms with Crippen LogP contribution in [0.15, 0.2) is 73.1 Å². The molecular formula is C26H20F9N5O7S. The number of carboxylic acids is 2. The molecule has 260 valence electrons. The van der Waals surface area contributed by atoms with E-state index in [1.165, 1.54) is 40.9 Å². The Morgan fingerprint density at radius 2 is 1.33 bits per heavy atom. The maximum absolute atomic E-state index is 13.7. The van der Waals surface area contributed by atoms with Gasteiger partial charge in [0.1, 0.15) is 5.82 Å². The van der Waals surface area contributed by atoms with Crippen molar-refractivity contribution in [3.05, 3.63) is 84.4 Å². The average molecular weight is 718 g/mol. The van der Waals surface area contributed by atoms with Crippen molar-refractivity contribution in [2.24, 2.45) is 0 Å². The molecule has 48 heavy (non-hydrogen) atoms. The Bertz CT molecular complexity index is 1840. The first-order valence-electron chi connectivity index (χ1n) is 12.4. The molecule has 0 saturated carbocycles. The predicted molar refractivity (Wildman–Crippen MR) is 147 cm³/mol. The number of aliphatic carboxylic acids is 2. The lowest BCUT2D eigenvalue weighted by atomic mass is 10.1. The van der Waals surface area contributed by atoms with E-state index in [2.05, 4.69) is 14.7 Å². The van der Waals surface area contributed by atoms with Gasteiger partial charge in [0.2, 0.25) is 10.0 Å². The fourth-order valence-electron chi connectivity index (χ4n) is 3.43. The SMILES string of the molecule is CS(=O)(=O)Nc1ccccc1-c1nc(C(=O)NC(c2ccccn2)C(F)(F)F)c2ccccn12.O=C(O)C(F)(F)F.O=C(O)C(F)(F)F. The average Bonchev–Trinajstić information content (AvgIpc) is 3.34. The van der Waals surface area contributed by atoms with Gasteiger partial charge in [-0.2, -0.15) is 39.5 Å². The molecule has 1 aromatic carbocycles. The number of carbonyl (C=O) groups is 3. The van der Waals surface area contributed by atoms with Gasteiger partial charge in [0.15, 0.2) is 11.7 Å². The molecule has 0 spiro atoms. The lowest BCUT2D eigenvalue weighted by Gasteiger charge is -2.20. The molecule has 0 aliphatic carbocycles. The maximum atomic E-state index is 13.7. The number of para-hydroxylation sites is 1. The highest BCUT2D eigenvalue weighted by Gasteiger charge is 2.43. The first-order valence-corrected chi connectivity index (χ1v) is 14.3. The van der Waals surface area contributed by atoms with E-state index in [-0.39, 0.29) is 28.4 Å². The fraction of sp³-hybridized carbons (Fsp3) is 0.192. The molecule has 0 fully saturated rings. The summed E-state index contributed by atoms with van der Waals surface area (Å²) in [5.41, 5.74) is 0.162. The Morgan fingerprint density at radius 1 is 0.812 bits per heavy atom. The van der Waals surface area contributed by atoms with E-state index in [0.29, 0.717) is 5.56 Å². The number of sulfonamides is 1. The number of carbonyl (C=O) groups excluding carboxylic acids is 1. The first kappa shape index (κ1) is 38.8. The Hall–Kier alpha value is -5.41. The van der Waals surface area contributed by atoms with Crippen LogP contribution in [0.2, 0.25) is 0 Å². The quantitative estimate of drug-likeness (QED) is 0.198. The van der Waals surface area contributed by atoms with Crippen molar-refractivity contribution in [2.45, 2.75) is 24.6 Å². The third-order valence-corrected chi connectivity index (χ3v) is 5.89. The zero-order valence-corrected chi connectivity index (χ0v) is 24.4. The molecule has 4 aromatic rings. The summed E-state index contributed by atoms with van der Waals surface area (Å²) in [6, 6.07) is 12.8. The van der Waals surface area contributed by atoms with Crippen LogP contribution in [-0.2, 0) is 19.6 Å². The van der Waals surface area contributed by atoms with Crippen molar-refractivity contribution in [1.82, 2.24) is 19.7 Å². The standard InChI is InChI=1S/C22H18F3N5O3S.2C2HF3O2/c1-34(32,33)29-15-9-3-2-8-14(15)20-27-18(17-11-5-7-13-30(17)20)21(31)28-19(22(23,24)25)16-10-4-6-12-26-16;2*3-2(4,5)1(6)7/h2-13,19,29H,1H3,(H,28,31);2*(H,6,7). The lowest BCUT2D eigenvalue weighted by Crippen LogP contribution is -2.38. The summed E-state index contributed by atoms with van der Waals surface area (Å²) in [4.78, 5) is 38.8. The summed E-state index contributed by atoms with van der Waals surface area (Å²) in [7, 11) is -3.63. The van der Waals surface area contributed by atoms with Crippen molar-refractivity contribution in [3.8, 4) is 11.4 Å². The zero-order valence-electron chi connectivity index (χ0n) is 23.6. The van der Waals surface area contributed by atoms with Gasteiger partial charge in [-0.3, -0.25) is 18.9 Å². The highest BCUT2D eigenvalue weighted by Crippen LogP contribution is 2.33. The Morgan fingerprint density at radius 3 is 1.81 bits per heavy atom. The number of imidazole rings is 1. The van der Waals surface area contributed by atoms with Crippen LogP contribution in [0.5, 0.6) is 0 Å². The van der Waals surface area contributed by atoms with Crippen LogP contribution in [-0.4, -0.2) is 75.6 Å². The van der Waals surface area contributed by atoms with Crippen LogP contribution in [0.4, 0.5) is 45.2 Å². The lowest BCUT2D eigenvalue weighted by molar-refractivity contribution is -0.193. The monoisotopic (exact) mass is 717 g/mol. The zero-order chi connectivity index (χ0) is 36.7. The molecule has 1 amide bonds. The van der Waals surface area contributed by atoms with Gasteiger partial charge in [-0.05, 0) is 36.4 Å². The summed E-state index contributed by atoms with van der Waals surface area (Å²) >= 11 is 0. The van der Waals surface area contributed by atoms with Gasteiger partial charge in [-0.1, -0.05) is 24.3 Å². The molecule has 1 atom stereocenters. The second-order valence-electron chi connectivity index (χ2n) is 8.97. The summed E-state index contributed by atoms with van der Waals surface area (Å²) in [6.07, 6.45) is -11.2. The maximum Gasteiger partial charge on any atom is 0.490 e. The van der Waals surface area contributed by atoms with E-state index >= 15 is 0 Å². The van der Waals surface area contributed by atoms with Crippen LogP contribution in [0.3, 0.4) is 0 Å². The topological polar surface area (TPSA) is 180 Å². The van der Waals surface area contributed by atoms with Crippen molar-refractivity contribution in [2.75, 3.05) is 11.0 Å². The van der Waals surface area contributed by atoms with E-state index < -0.39 is 52.4 Å².